The minimum Gasteiger partial charge on any atom is -0.497 e. The summed E-state index contributed by atoms with van der Waals surface area (Å²) in [6.45, 7) is 0.268. The first kappa shape index (κ1) is 10.9. The summed E-state index contributed by atoms with van der Waals surface area (Å²) in [4.78, 5) is 0. The number of aliphatic hydroxyl groups is 1. The SMILES string of the molecule is [2H]C1(O)c2ccc(OC)cc2OCC1c1ccccc1. The summed E-state index contributed by atoms with van der Waals surface area (Å²) in [5.74, 6) is 0.747. The van der Waals surface area contributed by atoms with Gasteiger partial charge in [-0.15, -0.1) is 0 Å². The normalized spacial score (nSPS) is 26.0. The van der Waals surface area contributed by atoms with Gasteiger partial charge in [0.05, 0.1) is 21.2 Å². The Kier molecular flexibility index (Phi) is 2.83. The van der Waals surface area contributed by atoms with E-state index in [9.17, 15) is 5.11 Å². The topological polar surface area (TPSA) is 38.7 Å². The zero-order valence-electron chi connectivity index (χ0n) is 11.7. The summed E-state index contributed by atoms with van der Waals surface area (Å²) < 4.78 is 19.2. The third-order valence-corrected chi connectivity index (χ3v) is 3.40. The molecule has 0 saturated carbocycles. The molecule has 3 rings (SSSR count). The Bertz CT molecular complexity index is 610. The Morgan fingerprint density at radius 3 is 2.79 bits per heavy atom. The number of hydrogen-bond donors (Lipinski definition) is 1. The van der Waals surface area contributed by atoms with Crippen molar-refractivity contribution in [3.8, 4) is 11.5 Å². The van der Waals surface area contributed by atoms with Gasteiger partial charge in [0.15, 0.2) is 0 Å². The highest BCUT2D eigenvalue weighted by molar-refractivity contribution is 5.45. The maximum Gasteiger partial charge on any atom is 0.128 e. The van der Waals surface area contributed by atoms with Gasteiger partial charge in [-0.1, -0.05) is 30.3 Å². The molecular weight excluding hydrogens is 240 g/mol. The fourth-order valence-corrected chi connectivity index (χ4v) is 2.34. The third kappa shape index (κ3) is 2.17. The van der Waals surface area contributed by atoms with Crippen LogP contribution in [-0.2, 0) is 0 Å². The fraction of sp³-hybridized carbons (Fsp3) is 0.250. The zero-order valence-corrected chi connectivity index (χ0v) is 10.7. The second-order valence-electron chi connectivity index (χ2n) is 4.52. The molecule has 1 N–H and O–H groups in total. The predicted octanol–water partition coefficient (Wildman–Crippen LogP) is 2.90. The number of benzene rings is 2. The number of methoxy groups -OCH3 is 1. The molecule has 98 valence electrons. The molecule has 0 aliphatic carbocycles. The van der Waals surface area contributed by atoms with Crippen LogP contribution in [0.1, 0.15) is 24.5 Å². The third-order valence-electron chi connectivity index (χ3n) is 3.40. The van der Waals surface area contributed by atoms with Gasteiger partial charge < -0.3 is 14.6 Å². The number of hydrogen-bond acceptors (Lipinski definition) is 3. The zero-order chi connectivity index (χ0) is 14.2. The van der Waals surface area contributed by atoms with Crippen molar-refractivity contribution in [1.29, 1.82) is 0 Å². The Morgan fingerprint density at radius 1 is 1.26 bits per heavy atom. The van der Waals surface area contributed by atoms with E-state index in [1.54, 1.807) is 25.3 Å². The van der Waals surface area contributed by atoms with Gasteiger partial charge in [0.1, 0.15) is 11.5 Å². The second-order valence-corrected chi connectivity index (χ2v) is 4.52. The van der Waals surface area contributed by atoms with E-state index >= 15 is 0 Å². The second kappa shape index (κ2) is 4.94. The van der Waals surface area contributed by atoms with Gasteiger partial charge in [0.25, 0.3) is 0 Å². The summed E-state index contributed by atoms with van der Waals surface area (Å²) >= 11 is 0. The maximum absolute atomic E-state index is 10.6. The van der Waals surface area contributed by atoms with E-state index < -0.39 is 12.0 Å². The summed E-state index contributed by atoms with van der Waals surface area (Å²) in [6.07, 6.45) is -1.71. The lowest BCUT2D eigenvalue weighted by Crippen LogP contribution is -2.24. The lowest BCUT2D eigenvalue weighted by molar-refractivity contribution is 0.0887. The number of fused-ring (bicyclic) bond motifs is 1. The smallest absolute Gasteiger partial charge is 0.128 e. The fourth-order valence-electron chi connectivity index (χ4n) is 2.34. The summed E-state index contributed by atoms with van der Waals surface area (Å²) in [6, 6.07) is 14.6. The molecule has 1 aliphatic rings. The van der Waals surface area contributed by atoms with Crippen molar-refractivity contribution in [2.45, 2.75) is 12.0 Å². The molecule has 2 aromatic rings. The van der Waals surface area contributed by atoms with E-state index in [-0.39, 0.29) is 6.61 Å². The minimum absolute atomic E-state index is 0.268. The molecular formula is C16H16O3. The molecule has 0 amide bonds. The first-order chi connectivity index (χ1) is 9.63. The summed E-state index contributed by atoms with van der Waals surface area (Å²) in [7, 11) is 1.57. The van der Waals surface area contributed by atoms with Gasteiger partial charge in [-0.25, -0.2) is 0 Å². The van der Waals surface area contributed by atoms with Crippen LogP contribution in [0.5, 0.6) is 11.5 Å². The minimum atomic E-state index is -1.71. The molecule has 0 saturated heterocycles. The van der Waals surface area contributed by atoms with Crippen molar-refractivity contribution in [1.82, 2.24) is 0 Å². The van der Waals surface area contributed by atoms with Crippen LogP contribution in [0, 0.1) is 0 Å². The van der Waals surface area contributed by atoms with Crippen LogP contribution in [0.2, 0.25) is 0 Å². The van der Waals surface area contributed by atoms with E-state index in [1.807, 2.05) is 30.3 Å². The van der Waals surface area contributed by atoms with E-state index in [0.29, 0.717) is 17.1 Å². The average Bonchev–Trinajstić information content (AvgIpc) is 2.47. The largest absolute Gasteiger partial charge is 0.497 e. The van der Waals surface area contributed by atoms with E-state index in [0.717, 1.165) is 5.56 Å². The van der Waals surface area contributed by atoms with Crippen LogP contribution in [-0.4, -0.2) is 18.8 Å². The molecule has 19 heavy (non-hydrogen) atoms. The predicted molar refractivity (Wildman–Crippen MR) is 72.6 cm³/mol. The molecule has 2 unspecified atom stereocenters. The first-order valence-electron chi connectivity index (χ1n) is 6.71. The highest BCUT2D eigenvalue weighted by atomic mass is 16.5. The highest BCUT2D eigenvalue weighted by Gasteiger charge is 2.30. The van der Waals surface area contributed by atoms with Crippen LogP contribution < -0.4 is 9.47 Å². The van der Waals surface area contributed by atoms with Gasteiger partial charge in [0, 0.05) is 17.5 Å². The summed E-state index contributed by atoms with van der Waals surface area (Å²) in [5.41, 5.74) is 1.37. The van der Waals surface area contributed by atoms with Gasteiger partial charge in [-0.2, -0.15) is 0 Å². The first-order valence-corrected chi connectivity index (χ1v) is 6.21. The van der Waals surface area contributed by atoms with Gasteiger partial charge in [-0.05, 0) is 17.7 Å². The molecule has 0 bridgehead atoms. The highest BCUT2D eigenvalue weighted by Crippen LogP contribution is 2.41. The molecule has 2 atom stereocenters. The molecule has 0 aromatic heterocycles. The monoisotopic (exact) mass is 257 g/mol. The Morgan fingerprint density at radius 2 is 2.05 bits per heavy atom. The molecule has 3 heteroatoms. The van der Waals surface area contributed by atoms with Gasteiger partial charge >= 0.3 is 0 Å². The van der Waals surface area contributed by atoms with Crippen molar-refractivity contribution in [2.75, 3.05) is 13.7 Å². The molecule has 3 nitrogen and oxygen atoms in total. The van der Waals surface area contributed by atoms with Crippen LogP contribution >= 0.6 is 0 Å². The van der Waals surface area contributed by atoms with Crippen LogP contribution in [0.3, 0.4) is 0 Å². The van der Waals surface area contributed by atoms with E-state index in [2.05, 4.69) is 0 Å². The Labute approximate surface area is 113 Å². The standard InChI is InChI=1S/C16H16O3/c1-18-12-7-8-13-15(9-12)19-10-14(16(13)17)11-5-3-2-4-6-11/h2-9,14,16-17H,10H2,1H3/i16D. The Balaban J connectivity index is 2.03. The maximum atomic E-state index is 10.6. The molecule has 0 fully saturated rings. The van der Waals surface area contributed by atoms with Gasteiger partial charge in [0.2, 0.25) is 0 Å². The summed E-state index contributed by atoms with van der Waals surface area (Å²) in [5, 5.41) is 10.6. The van der Waals surface area contributed by atoms with E-state index in [1.165, 1.54) is 0 Å². The van der Waals surface area contributed by atoms with Crippen molar-refractivity contribution in [2.24, 2.45) is 0 Å². The molecule has 0 radical (unpaired) electrons. The Hall–Kier alpha value is -2.00. The molecule has 1 heterocycles. The lowest BCUT2D eigenvalue weighted by atomic mass is 9.87. The van der Waals surface area contributed by atoms with Crippen molar-refractivity contribution >= 4 is 0 Å². The molecule has 2 aromatic carbocycles. The van der Waals surface area contributed by atoms with Crippen LogP contribution in [0.4, 0.5) is 0 Å². The lowest BCUT2D eigenvalue weighted by Gasteiger charge is -2.30. The van der Waals surface area contributed by atoms with Crippen molar-refractivity contribution < 1.29 is 16.0 Å². The van der Waals surface area contributed by atoms with Crippen molar-refractivity contribution in [3.63, 3.8) is 0 Å². The van der Waals surface area contributed by atoms with Gasteiger partial charge in [-0.3, -0.25) is 0 Å². The molecule has 0 spiro atoms. The van der Waals surface area contributed by atoms with Crippen molar-refractivity contribution in [3.05, 3.63) is 59.7 Å². The quantitative estimate of drug-likeness (QED) is 0.899. The molecule has 1 aliphatic heterocycles. The van der Waals surface area contributed by atoms with Crippen LogP contribution in [0.15, 0.2) is 48.5 Å². The number of ether oxygens (including phenoxy) is 2. The van der Waals surface area contributed by atoms with Crippen LogP contribution in [0.25, 0.3) is 0 Å². The average molecular weight is 257 g/mol. The number of rotatable bonds is 2. The van der Waals surface area contributed by atoms with E-state index in [4.69, 9.17) is 10.8 Å².